The van der Waals surface area contributed by atoms with Crippen molar-refractivity contribution in [3.8, 4) is 0 Å². The highest BCUT2D eigenvalue weighted by Crippen LogP contribution is 2.11. The van der Waals surface area contributed by atoms with E-state index in [1.165, 1.54) is 0 Å². The summed E-state index contributed by atoms with van der Waals surface area (Å²) in [5.41, 5.74) is 0. The van der Waals surface area contributed by atoms with E-state index in [1.807, 2.05) is 13.8 Å². The highest BCUT2D eigenvalue weighted by Gasteiger charge is 2.16. The van der Waals surface area contributed by atoms with E-state index in [4.69, 9.17) is 9.15 Å². The van der Waals surface area contributed by atoms with Gasteiger partial charge in [0.25, 0.3) is 0 Å². The van der Waals surface area contributed by atoms with Crippen LogP contribution < -0.4 is 5.32 Å². The molecule has 0 fully saturated rings. The first-order chi connectivity index (χ1) is 9.56. The monoisotopic (exact) mass is 282 g/mol. The Bertz CT molecular complexity index is 417. The molecule has 0 aliphatic rings. The number of hydrogen-bond donors (Lipinski definition) is 1. The van der Waals surface area contributed by atoms with Gasteiger partial charge >= 0.3 is 5.97 Å². The third-order valence-electron chi connectivity index (χ3n) is 2.82. The van der Waals surface area contributed by atoms with E-state index in [1.54, 1.807) is 30.2 Å². The second-order valence-electron chi connectivity index (χ2n) is 4.41. The Morgan fingerprint density at radius 2 is 2.15 bits per heavy atom. The number of nitrogens with one attached hydrogen (secondary N) is 1. The number of carbonyl (C=O) groups is 2. The molecule has 0 saturated heterocycles. The molecule has 1 atom stereocenters. The molecule has 0 aliphatic carbocycles. The Morgan fingerprint density at radius 3 is 2.70 bits per heavy atom. The van der Waals surface area contributed by atoms with Gasteiger partial charge in [0.1, 0.15) is 5.76 Å². The maximum Gasteiger partial charge on any atom is 0.320 e. The van der Waals surface area contributed by atoms with Crippen LogP contribution >= 0.6 is 0 Å². The SMILES string of the molecule is CCOC(=O)CN(CC)CC(=O)NC(C)c1ccco1. The van der Waals surface area contributed by atoms with Crippen LogP contribution in [0.15, 0.2) is 22.8 Å². The van der Waals surface area contributed by atoms with E-state index in [2.05, 4.69) is 5.32 Å². The molecule has 6 heteroatoms. The molecule has 20 heavy (non-hydrogen) atoms. The Morgan fingerprint density at radius 1 is 1.40 bits per heavy atom. The van der Waals surface area contributed by atoms with Crippen LogP contribution in [-0.2, 0) is 14.3 Å². The van der Waals surface area contributed by atoms with Gasteiger partial charge in [0.15, 0.2) is 0 Å². The van der Waals surface area contributed by atoms with E-state index >= 15 is 0 Å². The minimum absolute atomic E-state index is 0.118. The lowest BCUT2D eigenvalue weighted by atomic mass is 10.2. The van der Waals surface area contributed by atoms with E-state index in [0.29, 0.717) is 18.9 Å². The molecule has 6 nitrogen and oxygen atoms in total. The van der Waals surface area contributed by atoms with Crippen LogP contribution in [0.3, 0.4) is 0 Å². The molecular formula is C14H22N2O4. The Balaban J connectivity index is 2.41. The molecule has 1 amide bonds. The Hall–Kier alpha value is -1.82. The molecule has 0 saturated carbocycles. The normalized spacial score (nSPS) is 12.2. The topological polar surface area (TPSA) is 71.8 Å². The first-order valence-corrected chi connectivity index (χ1v) is 6.77. The molecule has 112 valence electrons. The summed E-state index contributed by atoms with van der Waals surface area (Å²) in [5, 5.41) is 2.83. The summed E-state index contributed by atoms with van der Waals surface area (Å²) in [6.07, 6.45) is 1.57. The van der Waals surface area contributed by atoms with Crippen molar-refractivity contribution in [3.05, 3.63) is 24.2 Å². The van der Waals surface area contributed by atoms with Crippen LogP contribution in [-0.4, -0.2) is 43.0 Å². The van der Waals surface area contributed by atoms with Gasteiger partial charge in [-0.1, -0.05) is 6.92 Å². The fraction of sp³-hybridized carbons (Fsp3) is 0.571. The number of furan rings is 1. The number of esters is 1. The van der Waals surface area contributed by atoms with Gasteiger partial charge in [-0.15, -0.1) is 0 Å². The van der Waals surface area contributed by atoms with Gasteiger partial charge in [-0.25, -0.2) is 0 Å². The molecule has 1 unspecified atom stereocenters. The lowest BCUT2D eigenvalue weighted by molar-refractivity contribution is -0.144. The van der Waals surface area contributed by atoms with Gasteiger partial charge in [0, 0.05) is 0 Å². The van der Waals surface area contributed by atoms with E-state index < -0.39 is 0 Å². The molecule has 1 aromatic rings. The van der Waals surface area contributed by atoms with Gasteiger partial charge < -0.3 is 14.5 Å². The summed E-state index contributed by atoms with van der Waals surface area (Å²) in [6, 6.07) is 3.39. The molecule has 1 N–H and O–H groups in total. The predicted molar refractivity (Wildman–Crippen MR) is 74.0 cm³/mol. The molecule has 0 aromatic carbocycles. The zero-order valence-corrected chi connectivity index (χ0v) is 12.2. The summed E-state index contributed by atoms with van der Waals surface area (Å²) in [5.74, 6) is 0.230. The third-order valence-corrected chi connectivity index (χ3v) is 2.82. The average Bonchev–Trinajstić information content (AvgIpc) is 2.92. The lowest BCUT2D eigenvalue weighted by Crippen LogP contribution is -2.40. The second kappa shape index (κ2) is 8.37. The summed E-state index contributed by atoms with van der Waals surface area (Å²) in [6.45, 7) is 6.71. The lowest BCUT2D eigenvalue weighted by Gasteiger charge is -2.20. The number of likely N-dealkylation sites (N-methyl/N-ethyl adjacent to an activating group) is 1. The van der Waals surface area contributed by atoms with Gasteiger partial charge in [-0.2, -0.15) is 0 Å². The van der Waals surface area contributed by atoms with Crippen LogP contribution in [0.5, 0.6) is 0 Å². The van der Waals surface area contributed by atoms with Crippen molar-refractivity contribution < 1.29 is 18.7 Å². The standard InChI is InChI=1S/C14H22N2O4/c1-4-16(10-14(18)19-5-2)9-13(17)15-11(3)12-7-6-8-20-12/h6-8,11H,4-5,9-10H2,1-3H3,(H,15,17). The molecule has 1 rings (SSSR count). The molecule has 0 aliphatic heterocycles. The van der Waals surface area contributed by atoms with Crippen molar-refractivity contribution in [2.24, 2.45) is 0 Å². The molecule has 1 heterocycles. The van der Waals surface area contributed by atoms with Crippen molar-refractivity contribution in [2.45, 2.75) is 26.8 Å². The largest absolute Gasteiger partial charge is 0.467 e. The fourth-order valence-corrected chi connectivity index (χ4v) is 1.77. The first kappa shape index (κ1) is 16.2. The van der Waals surface area contributed by atoms with Crippen LogP contribution in [0.4, 0.5) is 0 Å². The molecule has 0 bridgehead atoms. The predicted octanol–water partition coefficient (Wildman–Crippen LogP) is 1.34. The second-order valence-corrected chi connectivity index (χ2v) is 4.41. The summed E-state index contributed by atoms with van der Waals surface area (Å²) < 4.78 is 10.1. The summed E-state index contributed by atoms with van der Waals surface area (Å²) >= 11 is 0. The van der Waals surface area contributed by atoms with Gasteiger partial charge in [0.2, 0.25) is 5.91 Å². The molecule has 0 spiro atoms. The maximum atomic E-state index is 11.9. The van der Waals surface area contributed by atoms with Gasteiger partial charge in [0.05, 0.1) is 32.0 Å². The van der Waals surface area contributed by atoms with Crippen LogP contribution in [0, 0.1) is 0 Å². The minimum Gasteiger partial charge on any atom is -0.467 e. The van der Waals surface area contributed by atoms with E-state index in [0.717, 1.165) is 0 Å². The third kappa shape index (κ3) is 5.44. The smallest absolute Gasteiger partial charge is 0.320 e. The number of amides is 1. The Kier molecular flexibility index (Phi) is 6.79. The van der Waals surface area contributed by atoms with Crippen LogP contribution in [0.1, 0.15) is 32.6 Å². The quantitative estimate of drug-likeness (QED) is 0.729. The van der Waals surface area contributed by atoms with E-state index in [9.17, 15) is 9.59 Å². The number of carbonyl (C=O) groups excluding carboxylic acids is 2. The zero-order chi connectivity index (χ0) is 15.0. The summed E-state index contributed by atoms with van der Waals surface area (Å²) in [7, 11) is 0. The Labute approximate surface area is 119 Å². The highest BCUT2D eigenvalue weighted by molar-refractivity contribution is 5.79. The number of ether oxygens (including phenoxy) is 1. The van der Waals surface area contributed by atoms with Crippen LogP contribution in [0.2, 0.25) is 0 Å². The van der Waals surface area contributed by atoms with Crippen molar-refractivity contribution in [1.29, 1.82) is 0 Å². The van der Waals surface area contributed by atoms with E-state index in [-0.39, 0.29) is 31.0 Å². The zero-order valence-electron chi connectivity index (χ0n) is 12.2. The first-order valence-electron chi connectivity index (χ1n) is 6.77. The average molecular weight is 282 g/mol. The van der Waals surface area contributed by atoms with Crippen molar-refractivity contribution in [3.63, 3.8) is 0 Å². The maximum absolute atomic E-state index is 11.9. The highest BCUT2D eigenvalue weighted by atomic mass is 16.5. The van der Waals surface area contributed by atoms with Crippen LogP contribution in [0.25, 0.3) is 0 Å². The van der Waals surface area contributed by atoms with Crippen molar-refractivity contribution >= 4 is 11.9 Å². The fourth-order valence-electron chi connectivity index (χ4n) is 1.77. The molecule has 0 radical (unpaired) electrons. The summed E-state index contributed by atoms with van der Waals surface area (Å²) in [4.78, 5) is 25.0. The molecule has 1 aromatic heterocycles. The number of rotatable bonds is 8. The molecular weight excluding hydrogens is 260 g/mol. The minimum atomic E-state index is -0.318. The van der Waals surface area contributed by atoms with Crippen molar-refractivity contribution in [2.75, 3.05) is 26.2 Å². The number of nitrogens with zero attached hydrogens (tertiary/aromatic N) is 1. The number of hydrogen-bond acceptors (Lipinski definition) is 5. The van der Waals surface area contributed by atoms with Crippen molar-refractivity contribution in [1.82, 2.24) is 10.2 Å². The van der Waals surface area contributed by atoms with Gasteiger partial charge in [-0.3, -0.25) is 14.5 Å². The van der Waals surface area contributed by atoms with Gasteiger partial charge in [-0.05, 0) is 32.5 Å².